The van der Waals surface area contributed by atoms with E-state index in [0.717, 1.165) is 16.9 Å². The zero-order chi connectivity index (χ0) is 20.9. The molecule has 1 aliphatic heterocycles. The van der Waals surface area contributed by atoms with Gasteiger partial charge in [-0.2, -0.15) is 0 Å². The van der Waals surface area contributed by atoms with Gasteiger partial charge in [0.15, 0.2) is 12.4 Å². The third-order valence-electron chi connectivity index (χ3n) is 4.63. The van der Waals surface area contributed by atoms with Crippen LogP contribution in [0.3, 0.4) is 0 Å². The number of nitrogens with one attached hydrogen (secondary N) is 1. The Balaban J connectivity index is 1.33. The molecule has 0 saturated heterocycles. The van der Waals surface area contributed by atoms with Crippen LogP contribution in [0.25, 0.3) is 11.4 Å². The number of nitrogens with zero attached hydrogens (tertiary/aromatic N) is 2. The second-order valence-electron chi connectivity index (χ2n) is 6.73. The van der Waals surface area contributed by atoms with Crippen molar-refractivity contribution in [2.45, 2.75) is 12.5 Å². The van der Waals surface area contributed by atoms with E-state index in [1.165, 1.54) is 0 Å². The van der Waals surface area contributed by atoms with Gasteiger partial charge in [0.1, 0.15) is 23.4 Å². The first-order chi connectivity index (χ1) is 14.6. The number of halogens is 1. The van der Waals surface area contributed by atoms with Gasteiger partial charge in [-0.1, -0.05) is 11.6 Å². The smallest absolute Gasteiger partial charge is 0.258 e. The van der Waals surface area contributed by atoms with E-state index in [1.807, 2.05) is 6.07 Å². The minimum absolute atomic E-state index is 0.0824. The molecule has 154 valence electrons. The quantitative estimate of drug-likeness (QED) is 0.625. The number of hydrogen-bond donors (Lipinski definition) is 1. The van der Waals surface area contributed by atoms with Crippen molar-refractivity contribution in [1.29, 1.82) is 0 Å². The minimum Gasteiger partial charge on any atom is -0.497 e. The predicted molar refractivity (Wildman–Crippen MR) is 112 cm³/mol. The number of benzene rings is 2. The van der Waals surface area contributed by atoms with E-state index < -0.39 is 0 Å². The third-order valence-corrected chi connectivity index (χ3v) is 4.84. The van der Waals surface area contributed by atoms with Gasteiger partial charge in [-0.25, -0.2) is 9.97 Å². The average molecular weight is 426 g/mol. The molecule has 2 heterocycles. The zero-order valence-corrected chi connectivity index (χ0v) is 17.1. The molecular weight excluding hydrogens is 406 g/mol. The predicted octanol–water partition coefficient (Wildman–Crippen LogP) is 3.30. The highest BCUT2D eigenvalue weighted by atomic mass is 35.5. The molecule has 0 spiro atoms. The van der Waals surface area contributed by atoms with Crippen LogP contribution in [0.5, 0.6) is 17.2 Å². The number of aromatic nitrogens is 2. The average Bonchev–Trinajstić information content (AvgIpc) is 3.19. The van der Waals surface area contributed by atoms with Gasteiger partial charge in [0, 0.05) is 29.4 Å². The molecule has 8 heteroatoms. The first-order valence-corrected chi connectivity index (χ1v) is 9.80. The maximum absolute atomic E-state index is 12.2. The number of fused-ring (bicyclic) bond motifs is 1. The molecule has 1 unspecified atom stereocenters. The molecule has 0 radical (unpaired) electrons. The van der Waals surface area contributed by atoms with Crippen LogP contribution in [0.1, 0.15) is 5.56 Å². The summed E-state index contributed by atoms with van der Waals surface area (Å²) in [5.41, 5.74) is 1.72. The molecule has 0 aliphatic carbocycles. The van der Waals surface area contributed by atoms with Crippen LogP contribution in [0.4, 0.5) is 0 Å². The van der Waals surface area contributed by atoms with Gasteiger partial charge in [-0.3, -0.25) is 4.79 Å². The van der Waals surface area contributed by atoms with Crippen molar-refractivity contribution in [2.24, 2.45) is 0 Å². The van der Waals surface area contributed by atoms with Crippen LogP contribution in [0, 0.1) is 0 Å². The van der Waals surface area contributed by atoms with Gasteiger partial charge in [0.05, 0.1) is 19.2 Å². The maximum Gasteiger partial charge on any atom is 0.258 e. The monoisotopic (exact) mass is 425 g/mol. The van der Waals surface area contributed by atoms with E-state index in [-0.39, 0.29) is 18.6 Å². The molecule has 0 fully saturated rings. The first-order valence-electron chi connectivity index (χ1n) is 9.42. The van der Waals surface area contributed by atoms with Crippen molar-refractivity contribution < 1.29 is 19.0 Å². The Bertz CT molecular complexity index is 1030. The van der Waals surface area contributed by atoms with Gasteiger partial charge in [0.2, 0.25) is 0 Å². The highest BCUT2D eigenvalue weighted by molar-refractivity contribution is 6.31. The number of methoxy groups -OCH3 is 1. The molecule has 1 N–H and O–H groups in total. The molecule has 1 aliphatic rings. The van der Waals surface area contributed by atoms with Gasteiger partial charge in [-0.15, -0.1) is 0 Å². The molecule has 0 bridgehead atoms. The van der Waals surface area contributed by atoms with Crippen molar-refractivity contribution in [2.75, 3.05) is 20.3 Å². The maximum atomic E-state index is 12.2. The molecular formula is C22H20ClN3O4. The number of carbonyl (C=O) groups is 1. The van der Waals surface area contributed by atoms with Gasteiger partial charge in [-0.05, 0) is 42.5 Å². The third kappa shape index (κ3) is 4.63. The first kappa shape index (κ1) is 20.0. The van der Waals surface area contributed by atoms with Crippen molar-refractivity contribution in [3.8, 4) is 28.6 Å². The Labute approximate surface area is 179 Å². The van der Waals surface area contributed by atoms with Crippen molar-refractivity contribution in [3.63, 3.8) is 0 Å². The molecule has 1 atom stereocenters. The Morgan fingerprint density at radius 1 is 1.20 bits per heavy atom. The van der Waals surface area contributed by atoms with Crippen molar-refractivity contribution in [3.05, 3.63) is 65.4 Å². The minimum atomic E-state index is -0.227. The highest BCUT2D eigenvalue weighted by Gasteiger charge is 2.27. The standard InChI is InChI=1S/C22H20ClN3O4/c1-28-16-3-5-17(6-4-16)29-13-20(27)26-12-18-10-14-9-15(23)11-19(21(14)30-18)22-24-7-2-8-25-22/h2-9,11,18H,10,12-13H2,1H3,(H,26,27). The van der Waals surface area contributed by atoms with Crippen LogP contribution in [0.2, 0.25) is 5.02 Å². The summed E-state index contributed by atoms with van der Waals surface area (Å²) in [5, 5.41) is 3.44. The van der Waals surface area contributed by atoms with Crippen LogP contribution in [0.15, 0.2) is 54.9 Å². The summed E-state index contributed by atoms with van der Waals surface area (Å²) in [6.45, 7) is 0.271. The molecule has 2 aromatic carbocycles. The Kier molecular flexibility index (Phi) is 5.99. The van der Waals surface area contributed by atoms with E-state index in [0.29, 0.717) is 35.3 Å². The summed E-state index contributed by atoms with van der Waals surface area (Å²) in [6, 6.07) is 12.5. The van der Waals surface area contributed by atoms with Gasteiger partial charge in [0.25, 0.3) is 5.91 Å². The van der Waals surface area contributed by atoms with Gasteiger partial charge < -0.3 is 19.5 Å². The highest BCUT2D eigenvalue weighted by Crippen LogP contribution is 2.39. The van der Waals surface area contributed by atoms with E-state index in [1.54, 1.807) is 55.9 Å². The Morgan fingerprint density at radius 3 is 2.67 bits per heavy atom. The Hall–Kier alpha value is -3.32. The van der Waals surface area contributed by atoms with E-state index in [9.17, 15) is 4.79 Å². The van der Waals surface area contributed by atoms with Crippen LogP contribution in [-0.2, 0) is 11.2 Å². The number of ether oxygens (including phenoxy) is 3. The largest absolute Gasteiger partial charge is 0.497 e. The summed E-state index contributed by atoms with van der Waals surface area (Å²) in [5.74, 6) is 2.35. The number of rotatable bonds is 7. The van der Waals surface area contributed by atoms with E-state index >= 15 is 0 Å². The molecule has 3 aromatic rings. The van der Waals surface area contributed by atoms with E-state index in [4.69, 9.17) is 25.8 Å². The molecule has 4 rings (SSSR count). The second kappa shape index (κ2) is 9.00. The number of amides is 1. The SMILES string of the molecule is COc1ccc(OCC(=O)NCC2Cc3cc(Cl)cc(-c4ncccn4)c3O2)cc1. The topological polar surface area (TPSA) is 82.6 Å². The number of carbonyl (C=O) groups excluding carboxylic acids is 1. The van der Waals surface area contributed by atoms with E-state index in [2.05, 4.69) is 15.3 Å². The van der Waals surface area contributed by atoms with Crippen LogP contribution < -0.4 is 19.5 Å². The zero-order valence-electron chi connectivity index (χ0n) is 16.3. The lowest BCUT2D eigenvalue weighted by molar-refractivity contribution is -0.123. The number of hydrogen-bond acceptors (Lipinski definition) is 6. The van der Waals surface area contributed by atoms with Crippen molar-refractivity contribution in [1.82, 2.24) is 15.3 Å². The lowest BCUT2D eigenvalue weighted by atomic mass is 10.1. The van der Waals surface area contributed by atoms with Crippen LogP contribution in [-0.4, -0.2) is 42.2 Å². The fraction of sp³-hybridized carbons (Fsp3) is 0.227. The van der Waals surface area contributed by atoms with Crippen molar-refractivity contribution >= 4 is 17.5 Å². The fourth-order valence-electron chi connectivity index (χ4n) is 3.21. The molecule has 30 heavy (non-hydrogen) atoms. The lowest BCUT2D eigenvalue weighted by Gasteiger charge is -2.13. The lowest BCUT2D eigenvalue weighted by Crippen LogP contribution is -2.37. The Morgan fingerprint density at radius 2 is 1.93 bits per heavy atom. The van der Waals surface area contributed by atoms with Crippen LogP contribution >= 0.6 is 11.6 Å². The molecule has 0 saturated carbocycles. The second-order valence-corrected chi connectivity index (χ2v) is 7.16. The van der Waals surface area contributed by atoms with Gasteiger partial charge >= 0.3 is 0 Å². The molecule has 1 aromatic heterocycles. The molecule has 1 amide bonds. The summed E-state index contributed by atoms with van der Waals surface area (Å²) in [6.07, 6.45) is 3.77. The summed E-state index contributed by atoms with van der Waals surface area (Å²) >= 11 is 6.27. The normalized spacial score (nSPS) is 14.5. The summed E-state index contributed by atoms with van der Waals surface area (Å²) in [7, 11) is 1.59. The summed E-state index contributed by atoms with van der Waals surface area (Å²) < 4.78 is 16.7. The molecule has 7 nitrogen and oxygen atoms in total. The summed E-state index contributed by atoms with van der Waals surface area (Å²) in [4.78, 5) is 20.7. The fourth-order valence-corrected chi connectivity index (χ4v) is 3.45.